The number of hydrogen-bond donors (Lipinski definition) is 1. The summed E-state index contributed by atoms with van der Waals surface area (Å²) in [5.74, 6) is 0.753. The molecule has 19 heavy (non-hydrogen) atoms. The summed E-state index contributed by atoms with van der Waals surface area (Å²) in [6.07, 6.45) is 5.32. The van der Waals surface area contributed by atoms with Gasteiger partial charge in [-0.2, -0.15) is 0 Å². The van der Waals surface area contributed by atoms with E-state index in [-0.39, 0.29) is 0 Å². The lowest BCUT2D eigenvalue weighted by Gasteiger charge is -2.42. The zero-order valence-corrected chi connectivity index (χ0v) is 12.9. The molecule has 1 N–H and O–H groups in total. The van der Waals surface area contributed by atoms with Crippen LogP contribution in [0.2, 0.25) is 0 Å². The number of rotatable bonds is 3. The zero-order chi connectivity index (χ0) is 14.1. The number of hydrogen-bond acceptors (Lipinski definition) is 1. The van der Waals surface area contributed by atoms with Crippen molar-refractivity contribution >= 4 is 0 Å². The van der Waals surface area contributed by atoms with Crippen molar-refractivity contribution in [1.82, 2.24) is 0 Å². The standard InChI is InChI=1S/C18H28O/c1-5-17(3,4)15-10-12-18(19,13-11-15)16-8-6-14(2)7-9-16/h6-9,15,19H,5,10-13H2,1-4H3. The predicted octanol–water partition coefficient (Wildman–Crippen LogP) is 4.81. The number of aliphatic hydroxyl groups is 1. The molecule has 0 radical (unpaired) electrons. The van der Waals surface area contributed by atoms with Crippen molar-refractivity contribution in [3.8, 4) is 0 Å². The third kappa shape index (κ3) is 3.02. The molecule has 0 unspecified atom stereocenters. The third-order valence-electron chi connectivity index (χ3n) is 5.42. The minimum absolute atomic E-state index is 0.411. The Hall–Kier alpha value is -0.820. The lowest BCUT2D eigenvalue weighted by atomic mass is 9.65. The highest BCUT2D eigenvalue weighted by Gasteiger charge is 2.39. The molecule has 0 aliphatic heterocycles. The van der Waals surface area contributed by atoms with Crippen molar-refractivity contribution in [2.24, 2.45) is 11.3 Å². The van der Waals surface area contributed by atoms with Crippen molar-refractivity contribution in [3.63, 3.8) is 0 Å². The first kappa shape index (κ1) is 14.6. The summed E-state index contributed by atoms with van der Waals surface area (Å²) in [6.45, 7) is 9.11. The highest BCUT2D eigenvalue weighted by Crippen LogP contribution is 2.46. The molecule has 0 spiro atoms. The quantitative estimate of drug-likeness (QED) is 0.827. The Morgan fingerprint density at radius 2 is 1.68 bits per heavy atom. The topological polar surface area (TPSA) is 20.2 Å². The van der Waals surface area contributed by atoms with Crippen molar-refractivity contribution in [2.75, 3.05) is 0 Å². The Kier molecular flexibility index (Phi) is 4.06. The average molecular weight is 260 g/mol. The fourth-order valence-electron chi connectivity index (χ4n) is 3.32. The monoisotopic (exact) mass is 260 g/mol. The van der Waals surface area contributed by atoms with Crippen LogP contribution in [0.1, 0.15) is 64.0 Å². The minimum atomic E-state index is -0.589. The molecule has 0 atom stereocenters. The van der Waals surface area contributed by atoms with E-state index in [2.05, 4.69) is 52.0 Å². The molecule has 0 saturated heterocycles. The first-order valence-corrected chi connectivity index (χ1v) is 7.67. The highest BCUT2D eigenvalue weighted by atomic mass is 16.3. The second-order valence-electron chi connectivity index (χ2n) is 7.01. The summed E-state index contributed by atoms with van der Waals surface area (Å²) in [5, 5.41) is 10.9. The highest BCUT2D eigenvalue weighted by molar-refractivity contribution is 5.27. The molecule has 1 heteroatoms. The van der Waals surface area contributed by atoms with Crippen LogP contribution in [0.3, 0.4) is 0 Å². The minimum Gasteiger partial charge on any atom is -0.385 e. The van der Waals surface area contributed by atoms with E-state index >= 15 is 0 Å². The van der Waals surface area contributed by atoms with Gasteiger partial charge in [0.05, 0.1) is 5.60 Å². The lowest BCUT2D eigenvalue weighted by Crippen LogP contribution is -2.36. The Balaban J connectivity index is 2.08. The van der Waals surface area contributed by atoms with Gasteiger partial charge in [-0.3, -0.25) is 0 Å². The Labute approximate surface area is 118 Å². The normalized spacial score (nSPS) is 28.4. The Bertz CT molecular complexity index is 408. The summed E-state index contributed by atoms with van der Waals surface area (Å²) < 4.78 is 0. The van der Waals surface area contributed by atoms with Crippen LogP contribution in [0.25, 0.3) is 0 Å². The van der Waals surface area contributed by atoms with Gasteiger partial charge in [0.15, 0.2) is 0 Å². The van der Waals surface area contributed by atoms with Gasteiger partial charge < -0.3 is 5.11 Å². The lowest BCUT2D eigenvalue weighted by molar-refractivity contribution is -0.0328. The van der Waals surface area contributed by atoms with E-state index in [9.17, 15) is 5.11 Å². The maximum atomic E-state index is 10.9. The second kappa shape index (κ2) is 5.28. The molecule has 1 aromatic carbocycles. The van der Waals surface area contributed by atoms with E-state index in [1.54, 1.807) is 0 Å². The molecule has 1 nitrogen and oxygen atoms in total. The van der Waals surface area contributed by atoms with Gasteiger partial charge in [0.1, 0.15) is 0 Å². The molecule has 1 aliphatic rings. The predicted molar refractivity (Wildman–Crippen MR) is 81.1 cm³/mol. The Morgan fingerprint density at radius 1 is 1.16 bits per heavy atom. The number of benzene rings is 1. The molecule has 0 bridgehead atoms. The fraction of sp³-hybridized carbons (Fsp3) is 0.667. The maximum absolute atomic E-state index is 10.9. The van der Waals surface area contributed by atoms with Crippen LogP contribution in [0, 0.1) is 18.3 Å². The molecule has 2 rings (SSSR count). The first-order valence-electron chi connectivity index (χ1n) is 7.67. The van der Waals surface area contributed by atoms with Crippen LogP contribution in [0.5, 0.6) is 0 Å². The van der Waals surface area contributed by atoms with E-state index in [0.717, 1.165) is 37.2 Å². The molecular weight excluding hydrogens is 232 g/mol. The molecule has 1 aromatic rings. The molecule has 0 heterocycles. The maximum Gasteiger partial charge on any atom is 0.0896 e. The zero-order valence-electron chi connectivity index (χ0n) is 12.9. The van der Waals surface area contributed by atoms with Gasteiger partial charge in [-0.15, -0.1) is 0 Å². The average Bonchev–Trinajstić information content (AvgIpc) is 2.40. The second-order valence-corrected chi connectivity index (χ2v) is 7.01. The van der Waals surface area contributed by atoms with Crippen LogP contribution < -0.4 is 0 Å². The van der Waals surface area contributed by atoms with Gasteiger partial charge in [-0.05, 0) is 49.5 Å². The molecule has 0 aromatic heterocycles. The number of aryl methyl sites for hydroxylation is 1. The van der Waals surface area contributed by atoms with Crippen molar-refractivity contribution in [2.45, 2.75) is 65.4 Å². The van der Waals surface area contributed by atoms with Crippen LogP contribution in [-0.2, 0) is 5.60 Å². The summed E-state index contributed by atoms with van der Waals surface area (Å²) in [7, 11) is 0. The van der Waals surface area contributed by atoms with Crippen LogP contribution >= 0.6 is 0 Å². The van der Waals surface area contributed by atoms with E-state index in [1.165, 1.54) is 12.0 Å². The summed E-state index contributed by atoms with van der Waals surface area (Å²) in [6, 6.07) is 8.41. The van der Waals surface area contributed by atoms with E-state index in [1.807, 2.05) is 0 Å². The van der Waals surface area contributed by atoms with E-state index in [0.29, 0.717) is 5.41 Å². The van der Waals surface area contributed by atoms with Gasteiger partial charge >= 0.3 is 0 Å². The first-order chi connectivity index (χ1) is 8.87. The van der Waals surface area contributed by atoms with Crippen LogP contribution in [-0.4, -0.2) is 5.11 Å². The van der Waals surface area contributed by atoms with Crippen molar-refractivity contribution < 1.29 is 5.11 Å². The summed E-state index contributed by atoms with van der Waals surface area (Å²) in [5.41, 5.74) is 2.18. The Morgan fingerprint density at radius 3 is 2.16 bits per heavy atom. The molecule has 1 fully saturated rings. The fourth-order valence-corrected chi connectivity index (χ4v) is 3.32. The molecule has 0 amide bonds. The van der Waals surface area contributed by atoms with Gasteiger partial charge in [0.25, 0.3) is 0 Å². The van der Waals surface area contributed by atoms with Gasteiger partial charge in [0, 0.05) is 0 Å². The SMILES string of the molecule is CCC(C)(C)C1CCC(O)(c2ccc(C)cc2)CC1. The van der Waals surface area contributed by atoms with Gasteiger partial charge in [-0.25, -0.2) is 0 Å². The molecule has 1 saturated carbocycles. The summed E-state index contributed by atoms with van der Waals surface area (Å²) >= 11 is 0. The largest absolute Gasteiger partial charge is 0.385 e. The van der Waals surface area contributed by atoms with Crippen LogP contribution in [0.15, 0.2) is 24.3 Å². The van der Waals surface area contributed by atoms with Crippen LogP contribution in [0.4, 0.5) is 0 Å². The summed E-state index contributed by atoms with van der Waals surface area (Å²) in [4.78, 5) is 0. The molecule has 1 aliphatic carbocycles. The molecule has 106 valence electrons. The molecular formula is C18H28O. The van der Waals surface area contributed by atoms with E-state index < -0.39 is 5.60 Å². The van der Waals surface area contributed by atoms with Gasteiger partial charge in [0.2, 0.25) is 0 Å². The third-order valence-corrected chi connectivity index (χ3v) is 5.42. The van der Waals surface area contributed by atoms with E-state index in [4.69, 9.17) is 0 Å². The van der Waals surface area contributed by atoms with Crippen molar-refractivity contribution in [1.29, 1.82) is 0 Å². The van der Waals surface area contributed by atoms with Gasteiger partial charge in [-0.1, -0.05) is 57.0 Å². The smallest absolute Gasteiger partial charge is 0.0896 e. The van der Waals surface area contributed by atoms with Crippen molar-refractivity contribution in [3.05, 3.63) is 35.4 Å².